The number of aromatic amines is 1. The topological polar surface area (TPSA) is 106 Å². The predicted octanol–water partition coefficient (Wildman–Crippen LogP) is 0.946. The van der Waals surface area contributed by atoms with E-state index in [0.717, 1.165) is 11.3 Å². The fourth-order valence-corrected chi connectivity index (χ4v) is 1.79. The number of carboxylic acid groups (broad SMARTS) is 1. The molecular formula is C13H14N2O4. The Balaban J connectivity index is 2.12. The van der Waals surface area contributed by atoms with Crippen molar-refractivity contribution < 1.29 is 20.1 Å². The number of benzene rings is 1. The van der Waals surface area contributed by atoms with E-state index in [1.165, 1.54) is 0 Å². The van der Waals surface area contributed by atoms with E-state index in [1.807, 2.05) is 0 Å². The number of hydrogen-bond acceptors (Lipinski definition) is 4. The molecule has 0 radical (unpaired) electrons. The van der Waals surface area contributed by atoms with Crippen molar-refractivity contribution in [1.29, 1.82) is 0 Å². The lowest BCUT2D eigenvalue weighted by atomic mass is 10.0. The molecule has 0 aliphatic rings. The number of aromatic nitrogens is 2. The largest absolute Gasteiger partial charge is 0.481 e. The number of carbonyl (C=O) groups is 1. The van der Waals surface area contributed by atoms with Gasteiger partial charge in [0.05, 0.1) is 30.7 Å². The number of nitrogens with one attached hydrogen (secondary N) is 1. The fraction of sp³-hybridized carbons (Fsp3) is 0.231. The molecule has 0 spiro atoms. The van der Waals surface area contributed by atoms with Gasteiger partial charge in [0.25, 0.3) is 0 Å². The summed E-state index contributed by atoms with van der Waals surface area (Å²) in [6.07, 6.45) is 0.200. The first-order valence-corrected chi connectivity index (χ1v) is 5.74. The molecule has 2 aromatic rings. The summed E-state index contributed by atoms with van der Waals surface area (Å²) >= 11 is 0. The summed E-state index contributed by atoms with van der Waals surface area (Å²) in [6.45, 7) is 0. The number of H-pyrrole nitrogens is 1. The minimum atomic E-state index is -1.32. The van der Waals surface area contributed by atoms with Crippen molar-refractivity contribution in [3.05, 3.63) is 42.4 Å². The standard InChI is InChI=1S/C13H14N2O4/c16-11(5-12(17)18)13(19)9-3-1-8(2-4-9)10-6-14-7-15-10/h1-4,6-7,11,13,16,19H,5H2,(H,14,15)(H,17,18). The highest BCUT2D eigenvalue weighted by molar-refractivity contribution is 5.67. The molecule has 2 atom stereocenters. The van der Waals surface area contributed by atoms with Crippen LogP contribution in [0.5, 0.6) is 0 Å². The van der Waals surface area contributed by atoms with Crippen LogP contribution < -0.4 is 0 Å². The molecule has 0 aliphatic heterocycles. The van der Waals surface area contributed by atoms with E-state index in [1.54, 1.807) is 36.8 Å². The minimum Gasteiger partial charge on any atom is -0.481 e. The highest BCUT2D eigenvalue weighted by atomic mass is 16.4. The molecule has 1 aromatic carbocycles. The van der Waals surface area contributed by atoms with Gasteiger partial charge in [0, 0.05) is 0 Å². The minimum absolute atomic E-state index is 0.469. The third-order valence-electron chi connectivity index (χ3n) is 2.81. The smallest absolute Gasteiger partial charge is 0.306 e. The molecular weight excluding hydrogens is 248 g/mol. The van der Waals surface area contributed by atoms with Gasteiger partial charge in [-0.05, 0) is 11.1 Å². The van der Waals surface area contributed by atoms with Crippen molar-refractivity contribution in [3.8, 4) is 11.3 Å². The molecule has 0 amide bonds. The van der Waals surface area contributed by atoms with Gasteiger partial charge in [-0.15, -0.1) is 0 Å². The van der Waals surface area contributed by atoms with E-state index in [2.05, 4.69) is 9.97 Å². The number of rotatable bonds is 5. The van der Waals surface area contributed by atoms with E-state index >= 15 is 0 Å². The first kappa shape index (κ1) is 13.3. The number of imidazole rings is 1. The maximum absolute atomic E-state index is 10.5. The average Bonchev–Trinajstić information content (AvgIpc) is 2.91. The van der Waals surface area contributed by atoms with Gasteiger partial charge in [-0.2, -0.15) is 0 Å². The second-order valence-corrected chi connectivity index (χ2v) is 4.20. The van der Waals surface area contributed by atoms with Gasteiger partial charge in [-0.25, -0.2) is 4.98 Å². The summed E-state index contributed by atoms with van der Waals surface area (Å²) < 4.78 is 0. The van der Waals surface area contributed by atoms with Crippen LogP contribution in [0.4, 0.5) is 0 Å². The number of hydrogen-bond donors (Lipinski definition) is 4. The van der Waals surface area contributed by atoms with Crippen molar-refractivity contribution in [2.45, 2.75) is 18.6 Å². The summed E-state index contributed by atoms with van der Waals surface area (Å²) in [4.78, 5) is 17.3. The van der Waals surface area contributed by atoms with Crippen LogP contribution in [-0.4, -0.2) is 37.4 Å². The van der Waals surface area contributed by atoms with Crippen LogP contribution in [0, 0.1) is 0 Å². The molecule has 19 heavy (non-hydrogen) atoms. The SMILES string of the molecule is O=C(O)CC(O)C(O)c1ccc(-c2cnc[nH]2)cc1. The lowest BCUT2D eigenvalue weighted by Gasteiger charge is -2.16. The normalized spacial score (nSPS) is 14.0. The van der Waals surface area contributed by atoms with Crippen molar-refractivity contribution in [1.82, 2.24) is 9.97 Å². The number of nitrogens with zero attached hydrogens (tertiary/aromatic N) is 1. The Kier molecular flexibility index (Phi) is 3.94. The molecule has 2 rings (SSSR count). The Morgan fingerprint density at radius 3 is 2.47 bits per heavy atom. The highest BCUT2D eigenvalue weighted by Gasteiger charge is 2.21. The number of aliphatic hydroxyl groups excluding tert-OH is 2. The van der Waals surface area contributed by atoms with Gasteiger partial charge >= 0.3 is 5.97 Å². The Morgan fingerprint density at radius 1 is 1.26 bits per heavy atom. The summed E-state index contributed by atoms with van der Waals surface area (Å²) in [5.41, 5.74) is 2.20. The van der Waals surface area contributed by atoms with Gasteiger partial charge in [0.1, 0.15) is 6.10 Å². The van der Waals surface area contributed by atoms with E-state index in [-0.39, 0.29) is 0 Å². The molecule has 0 saturated heterocycles. The maximum Gasteiger partial charge on any atom is 0.306 e. The van der Waals surface area contributed by atoms with Crippen LogP contribution in [0.15, 0.2) is 36.8 Å². The maximum atomic E-state index is 10.5. The van der Waals surface area contributed by atoms with Crippen molar-refractivity contribution in [2.75, 3.05) is 0 Å². The summed E-state index contributed by atoms with van der Waals surface area (Å²) in [6, 6.07) is 6.82. The zero-order valence-electron chi connectivity index (χ0n) is 10.0. The van der Waals surface area contributed by atoms with Gasteiger partial charge < -0.3 is 20.3 Å². The van der Waals surface area contributed by atoms with Gasteiger partial charge in [-0.3, -0.25) is 4.79 Å². The van der Waals surface area contributed by atoms with Crippen molar-refractivity contribution in [3.63, 3.8) is 0 Å². The van der Waals surface area contributed by atoms with E-state index in [0.29, 0.717) is 5.56 Å². The van der Waals surface area contributed by atoms with Crippen LogP contribution >= 0.6 is 0 Å². The summed E-state index contributed by atoms with van der Waals surface area (Å²) in [5, 5.41) is 27.9. The van der Waals surface area contributed by atoms with Gasteiger partial charge in [0.2, 0.25) is 0 Å². The van der Waals surface area contributed by atoms with E-state index < -0.39 is 24.6 Å². The second kappa shape index (κ2) is 5.64. The van der Waals surface area contributed by atoms with Crippen molar-refractivity contribution >= 4 is 5.97 Å². The highest BCUT2D eigenvalue weighted by Crippen LogP contribution is 2.22. The summed E-state index contributed by atoms with van der Waals surface area (Å²) in [7, 11) is 0. The molecule has 6 heteroatoms. The zero-order valence-corrected chi connectivity index (χ0v) is 10.0. The molecule has 1 heterocycles. The lowest BCUT2D eigenvalue weighted by molar-refractivity contribution is -0.141. The van der Waals surface area contributed by atoms with Crippen LogP contribution in [-0.2, 0) is 4.79 Å². The molecule has 6 nitrogen and oxygen atoms in total. The molecule has 0 fully saturated rings. The van der Waals surface area contributed by atoms with E-state index in [9.17, 15) is 15.0 Å². The third kappa shape index (κ3) is 3.18. The van der Waals surface area contributed by atoms with Gasteiger partial charge in [-0.1, -0.05) is 24.3 Å². The second-order valence-electron chi connectivity index (χ2n) is 4.20. The molecule has 0 saturated carbocycles. The quantitative estimate of drug-likeness (QED) is 0.641. The zero-order chi connectivity index (χ0) is 13.8. The molecule has 1 aromatic heterocycles. The number of aliphatic hydroxyl groups is 2. The lowest BCUT2D eigenvalue weighted by Crippen LogP contribution is -2.21. The van der Waals surface area contributed by atoms with Crippen LogP contribution in [0.3, 0.4) is 0 Å². The molecule has 4 N–H and O–H groups in total. The van der Waals surface area contributed by atoms with Crippen LogP contribution in [0.25, 0.3) is 11.3 Å². The first-order chi connectivity index (χ1) is 9.08. The van der Waals surface area contributed by atoms with Gasteiger partial charge in [0.15, 0.2) is 0 Å². The monoisotopic (exact) mass is 262 g/mol. The van der Waals surface area contributed by atoms with Crippen LogP contribution in [0.2, 0.25) is 0 Å². The number of aliphatic carboxylic acids is 1. The van der Waals surface area contributed by atoms with Crippen LogP contribution in [0.1, 0.15) is 18.1 Å². The first-order valence-electron chi connectivity index (χ1n) is 5.74. The average molecular weight is 262 g/mol. The Labute approximate surface area is 109 Å². The molecule has 100 valence electrons. The fourth-order valence-electron chi connectivity index (χ4n) is 1.79. The Morgan fingerprint density at radius 2 is 1.95 bits per heavy atom. The summed E-state index contributed by atoms with van der Waals surface area (Å²) in [5.74, 6) is -1.15. The number of carboxylic acids is 1. The molecule has 0 aliphatic carbocycles. The predicted molar refractivity (Wildman–Crippen MR) is 67.2 cm³/mol. The van der Waals surface area contributed by atoms with Crippen molar-refractivity contribution in [2.24, 2.45) is 0 Å². The molecule has 0 bridgehead atoms. The third-order valence-corrected chi connectivity index (χ3v) is 2.81. The molecule has 2 unspecified atom stereocenters. The van der Waals surface area contributed by atoms with E-state index in [4.69, 9.17) is 5.11 Å². The Hall–Kier alpha value is -2.18. The Bertz CT molecular complexity index is 536.